The summed E-state index contributed by atoms with van der Waals surface area (Å²) in [5, 5.41) is 13.2. The topological polar surface area (TPSA) is 69.0 Å². The molecule has 6 heteroatoms. The Morgan fingerprint density at radius 1 is 1.23 bits per heavy atom. The maximum atomic E-state index is 13.9. The fourth-order valence-electron chi connectivity index (χ4n) is 3.98. The van der Waals surface area contributed by atoms with Crippen molar-refractivity contribution in [2.75, 3.05) is 18.0 Å². The number of nitrogens with zero attached hydrogens (tertiary/aromatic N) is 3. The number of amides is 1. The molecule has 152 valence electrons. The van der Waals surface area contributed by atoms with Crippen molar-refractivity contribution in [2.45, 2.75) is 26.3 Å². The zero-order valence-electron chi connectivity index (χ0n) is 16.9. The van der Waals surface area contributed by atoms with Crippen LogP contribution in [0.2, 0.25) is 0 Å². The van der Waals surface area contributed by atoms with Gasteiger partial charge in [-0.05, 0) is 43.5 Å². The van der Waals surface area contributed by atoms with Crippen molar-refractivity contribution in [3.63, 3.8) is 0 Å². The van der Waals surface area contributed by atoms with Crippen molar-refractivity contribution in [1.82, 2.24) is 10.3 Å². The number of hydrogen-bond donors (Lipinski definition) is 1. The number of benzene rings is 2. The van der Waals surface area contributed by atoms with Crippen LogP contribution in [0.3, 0.4) is 0 Å². The fraction of sp³-hybridized carbons (Fsp3) is 0.292. The highest BCUT2D eigenvalue weighted by Gasteiger charge is 2.27. The second kappa shape index (κ2) is 8.50. The molecule has 0 radical (unpaired) electrons. The normalized spacial score (nSPS) is 14.5. The maximum Gasteiger partial charge on any atom is 0.223 e. The molecular weight excluding hydrogens is 379 g/mol. The zero-order chi connectivity index (χ0) is 21.1. The minimum absolute atomic E-state index is 0.0568. The first kappa shape index (κ1) is 19.8. The Balaban J connectivity index is 1.44. The SMILES string of the molecule is Cc1ccc(CNC(=O)C2CCN(c3c(C#N)cnc4ccc(F)cc34)CC2)cc1. The van der Waals surface area contributed by atoms with E-state index in [2.05, 4.69) is 21.3 Å². The van der Waals surface area contributed by atoms with Crippen molar-refractivity contribution in [3.8, 4) is 6.07 Å². The lowest BCUT2D eigenvalue weighted by molar-refractivity contribution is -0.125. The first-order chi connectivity index (χ1) is 14.5. The van der Waals surface area contributed by atoms with E-state index in [4.69, 9.17) is 0 Å². The molecule has 0 bridgehead atoms. The fourth-order valence-corrected chi connectivity index (χ4v) is 3.98. The van der Waals surface area contributed by atoms with E-state index >= 15 is 0 Å². The van der Waals surface area contributed by atoms with E-state index in [1.807, 2.05) is 31.2 Å². The van der Waals surface area contributed by atoms with Crippen LogP contribution < -0.4 is 10.2 Å². The monoisotopic (exact) mass is 402 g/mol. The van der Waals surface area contributed by atoms with Crippen LogP contribution in [0.4, 0.5) is 10.1 Å². The van der Waals surface area contributed by atoms with Gasteiger partial charge in [-0.3, -0.25) is 9.78 Å². The van der Waals surface area contributed by atoms with Gasteiger partial charge in [-0.25, -0.2) is 4.39 Å². The third kappa shape index (κ3) is 4.11. The summed E-state index contributed by atoms with van der Waals surface area (Å²) in [5.74, 6) is -0.366. The number of pyridine rings is 1. The Hall–Kier alpha value is -3.46. The van der Waals surface area contributed by atoms with Crippen molar-refractivity contribution in [1.29, 1.82) is 5.26 Å². The summed E-state index contributed by atoms with van der Waals surface area (Å²) in [6.07, 6.45) is 2.91. The third-order valence-electron chi connectivity index (χ3n) is 5.69. The van der Waals surface area contributed by atoms with Crippen LogP contribution in [-0.2, 0) is 11.3 Å². The Bertz CT molecular complexity index is 1110. The predicted molar refractivity (Wildman–Crippen MR) is 114 cm³/mol. The lowest BCUT2D eigenvalue weighted by Gasteiger charge is -2.34. The van der Waals surface area contributed by atoms with E-state index in [1.165, 1.54) is 23.9 Å². The van der Waals surface area contributed by atoms with Gasteiger partial charge < -0.3 is 10.2 Å². The van der Waals surface area contributed by atoms with Gasteiger partial charge in [0.25, 0.3) is 0 Å². The van der Waals surface area contributed by atoms with Crippen molar-refractivity contribution in [3.05, 3.63) is 71.2 Å². The van der Waals surface area contributed by atoms with E-state index < -0.39 is 0 Å². The van der Waals surface area contributed by atoms with Crippen LogP contribution in [0.5, 0.6) is 0 Å². The van der Waals surface area contributed by atoms with Gasteiger partial charge in [0.05, 0.1) is 16.8 Å². The molecule has 2 aromatic carbocycles. The minimum Gasteiger partial charge on any atom is -0.370 e. The quantitative estimate of drug-likeness (QED) is 0.714. The lowest BCUT2D eigenvalue weighted by Crippen LogP contribution is -2.40. The Labute approximate surface area is 175 Å². The Kier molecular flexibility index (Phi) is 5.62. The number of fused-ring (bicyclic) bond motifs is 1. The number of rotatable bonds is 4. The molecule has 1 saturated heterocycles. The summed E-state index contributed by atoms with van der Waals surface area (Å²) in [5.41, 5.74) is 4.06. The first-order valence-corrected chi connectivity index (χ1v) is 10.1. The van der Waals surface area contributed by atoms with Crippen LogP contribution in [0.1, 0.15) is 29.5 Å². The molecule has 0 aliphatic carbocycles. The number of halogens is 1. The summed E-state index contributed by atoms with van der Waals surface area (Å²) in [7, 11) is 0. The number of carbonyl (C=O) groups is 1. The molecule has 5 nitrogen and oxygen atoms in total. The van der Waals surface area contributed by atoms with E-state index in [0.29, 0.717) is 54.6 Å². The van der Waals surface area contributed by atoms with Crippen molar-refractivity contribution in [2.24, 2.45) is 5.92 Å². The highest BCUT2D eigenvalue weighted by atomic mass is 19.1. The number of aryl methyl sites for hydroxylation is 1. The minimum atomic E-state index is -0.356. The number of nitriles is 1. The number of carbonyl (C=O) groups excluding carboxylic acids is 1. The van der Waals surface area contributed by atoms with Gasteiger partial charge in [0, 0.05) is 37.1 Å². The van der Waals surface area contributed by atoms with E-state index in [1.54, 1.807) is 6.07 Å². The predicted octanol–water partition coefficient (Wildman–Crippen LogP) is 4.09. The molecule has 1 aromatic heterocycles. The smallest absolute Gasteiger partial charge is 0.223 e. The zero-order valence-corrected chi connectivity index (χ0v) is 16.9. The van der Waals surface area contributed by atoms with Crippen LogP contribution in [0.15, 0.2) is 48.7 Å². The van der Waals surface area contributed by atoms with Crippen LogP contribution >= 0.6 is 0 Å². The largest absolute Gasteiger partial charge is 0.370 e. The summed E-state index contributed by atoms with van der Waals surface area (Å²) in [6, 6.07) is 14.7. The molecule has 1 fully saturated rings. The van der Waals surface area contributed by atoms with Gasteiger partial charge in [0.1, 0.15) is 11.9 Å². The molecule has 2 heterocycles. The molecule has 1 amide bonds. The molecule has 0 saturated carbocycles. The lowest BCUT2D eigenvalue weighted by atomic mass is 9.94. The van der Waals surface area contributed by atoms with Crippen molar-refractivity contribution < 1.29 is 9.18 Å². The number of hydrogen-bond acceptors (Lipinski definition) is 4. The van der Waals surface area contributed by atoms with Gasteiger partial charge in [0.15, 0.2) is 0 Å². The van der Waals surface area contributed by atoms with E-state index in [-0.39, 0.29) is 17.6 Å². The van der Waals surface area contributed by atoms with E-state index in [9.17, 15) is 14.4 Å². The van der Waals surface area contributed by atoms with Gasteiger partial charge in [0.2, 0.25) is 5.91 Å². The van der Waals surface area contributed by atoms with Gasteiger partial charge >= 0.3 is 0 Å². The molecular formula is C24H23FN4O. The number of aromatic nitrogens is 1. The molecule has 1 N–H and O–H groups in total. The third-order valence-corrected chi connectivity index (χ3v) is 5.69. The molecule has 1 aliphatic heterocycles. The molecule has 3 aromatic rings. The molecule has 0 atom stereocenters. The highest BCUT2D eigenvalue weighted by molar-refractivity contribution is 5.94. The maximum absolute atomic E-state index is 13.9. The molecule has 1 aliphatic rings. The van der Waals surface area contributed by atoms with Gasteiger partial charge in [-0.2, -0.15) is 5.26 Å². The average molecular weight is 402 g/mol. The van der Waals surface area contributed by atoms with Crippen LogP contribution in [-0.4, -0.2) is 24.0 Å². The highest BCUT2D eigenvalue weighted by Crippen LogP contribution is 2.33. The summed E-state index contributed by atoms with van der Waals surface area (Å²) in [4.78, 5) is 19.0. The molecule has 0 spiro atoms. The average Bonchev–Trinajstić information content (AvgIpc) is 2.77. The van der Waals surface area contributed by atoms with Crippen LogP contribution in [0, 0.1) is 30.0 Å². The van der Waals surface area contributed by atoms with Gasteiger partial charge in [-0.1, -0.05) is 29.8 Å². The summed E-state index contributed by atoms with van der Waals surface area (Å²) < 4.78 is 13.9. The molecule has 4 rings (SSSR count). The number of piperidine rings is 1. The Morgan fingerprint density at radius 2 is 1.97 bits per heavy atom. The van der Waals surface area contributed by atoms with Gasteiger partial charge in [-0.15, -0.1) is 0 Å². The summed E-state index contributed by atoms with van der Waals surface area (Å²) >= 11 is 0. The second-order valence-corrected chi connectivity index (χ2v) is 7.76. The van der Waals surface area contributed by atoms with Crippen molar-refractivity contribution >= 4 is 22.5 Å². The van der Waals surface area contributed by atoms with Crippen LogP contribution in [0.25, 0.3) is 10.9 Å². The standard InChI is InChI=1S/C24H23FN4O/c1-16-2-4-17(5-3-16)14-28-24(30)18-8-10-29(11-9-18)23-19(13-26)15-27-22-7-6-20(25)12-21(22)23/h2-7,12,15,18H,8-11,14H2,1H3,(H,28,30). The Morgan fingerprint density at radius 3 is 2.67 bits per heavy atom. The molecule has 0 unspecified atom stereocenters. The van der Waals surface area contributed by atoms with E-state index in [0.717, 1.165) is 5.56 Å². The second-order valence-electron chi connectivity index (χ2n) is 7.76. The number of anilines is 1. The number of nitrogens with one attached hydrogen (secondary N) is 1. The first-order valence-electron chi connectivity index (χ1n) is 10.1. The molecule has 30 heavy (non-hydrogen) atoms. The summed E-state index contributed by atoms with van der Waals surface area (Å²) in [6.45, 7) is 3.82.